The summed E-state index contributed by atoms with van der Waals surface area (Å²) in [6.07, 6.45) is 2.64. The average molecular weight is 331 g/mol. The van der Waals surface area contributed by atoms with Crippen molar-refractivity contribution in [2.75, 3.05) is 0 Å². The molecule has 1 heterocycles. The number of carbonyl (C=O) groups excluding carboxylic acids is 1. The van der Waals surface area contributed by atoms with E-state index in [0.717, 1.165) is 5.56 Å². The molecular formula is C13H10Cl3N3O. The van der Waals surface area contributed by atoms with Gasteiger partial charge in [0.05, 0.1) is 28.5 Å². The van der Waals surface area contributed by atoms with Crippen LogP contribution in [0.4, 0.5) is 0 Å². The van der Waals surface area contributed by atoms with E-state index in [9.17, 15) is 4.79 Å². The van der Waals surface area contributed by atoms with Crippen molar-refractivity contribution in [3.05, 3.63) is 57.0 Å². The quantitative estimate of drug-likeness (QED) is 0.927. The van der Waals surface area contributed by atoms with Crippen LogP contribution in [0.3, 0.4) is 0 Å². The Morgan fingerprint density at radius 2 is 1.90 bits per heavy atom. The van der Waals surface area contributed by atoms with Gasteiger partial charge < -0.3 is 5.32 Å². The Bertz CT molecular complexity index is 631. The number of hydrogen-bond acceptors (Lipinski definition) is 3. The van der Waals surface area contributed by atoms with Gasteiger partial charge in [0.15, 0.2) is 0 Å². The number of carbonyl (C=O) groups is 1. The lowest BCUT2D eigenvalue weighted by molar-refractivity contribution is 0.0934. The molecule has 0 bridgehead atoms. The van der Waals surface area contributed by atoms with E-state index in [0.29, 0.717) is 10.0 Å². The van der Waals surface area contributed by atoms with Crippen LogP contribution in [-0.4, -0.2) is 15.9 Å². The van der Waals surface area contributed by atoms with E-state index in [1.807, 2.05) is 6.92 Å². The maximum absolute atomic E-state index is 12.0. The van der Waals surface area contributed by atoms with Crippen LogP contribution in [0.25, 0.3) is 0 Å². The third kappa shape index (κ3) is 3.60. The van der Waals surface area contributed by atoms with Crippen molar-refractivity contribution in [2.24, 2.45) is 0 Å². The molecule has 0 aliphatic heterocycles. The molecule has 20 heavy (non-hydrogen) atoms. The molecular weight excluding hydrogens is 321 g/mol. The molecule has 0 aliphatic carbocycles. The topological polar surface area (TPSA) is 54.9 Å². The molecule has 1 aromatic heterocycles. The van der Waals surface area contributed by atoms with E-state index in [1.54, 1.807) is 18.2 Å². The minimum atomic E-state index is -0.340. The van der Waals surface area contributed by atoms with Crippen LogP contribution in [0.2, 0.25) is 15.2 Å². The molecule has 4 nitrogen and oxygen atoms in total. The predicted octanol–water partition coefficient (Wildman–Crippen LogP) is 3.93. The van der Waals surface area contributed by atoms with Gasteiger partial charge >= 0.3 is 0 Å². The second kappa shape index (κ2) is 6.39. The van der Waals surface area contributed by atoms with Crippen molar-refractivity contribution < 1.29 is 4.79 Å². The SMILES string of the molecule is CC(NC(=O)c1cnc(Cl)cn1)c1ccc(Cl)c(Cl)c1. The highest BCUT2D eigenvalue weighted by atomic mass is 35.5. The first kappa shape index (κ1) is 15.0. The van der Waals surface area contributed by atoms with Gasteiger partial charge in [-0.1, -0.05) is 40.9 Å². The second-order valence-electron chi connectivity index (χ2n) is 4.09. The maximum atomic E-state index is 12.0. The average Bonchev–Trinajstić information content (AvgIpc) is 2.42. The van der Waals surface area contributed by atoms with Crippen LogP contribution in [0.1, 0.15) is 29.0 Å². The smallest absolute Gasteiger partial charge is 0.271 e. The van der Waals surface area contributed by atoms with Crippen LogP contribution < -0.4 is 5.32 Å². The normalized spacial score (nSPS) is 12.0. The lowest BCUT2D eigenvalue weighted by atomic mass is 10.1. The maximum Gasteiger partial charge on any atom is 0.271 e. The molecule has 7 heteroatoms. The monoisotopic (exact) mass is 329 g/mol. The summed E-state index contributed by atoms with van der Waals surface area (Å²) in [7, 11) is 0. The molecule has 0 spiro atoms. The van der Waals surface area contributed by atoms with E-state index in [-0.39, 0.29) is 22.8 Å². The fraction of sp³-hybridized carbons (Fsp3) is 0.154. The van der Waals surface area contributed by atoms with Crippen LogP contribution >= 0.6 is 34.8 Å². The summed E-state index contributed by atoms with van der Waals surface area (Å²) in [5.74, 6) is -0.340. The molecule has 1 unspecified atom stereocenters. The van der Waals surface area contributed by atoms with Crippen molar-refractivity contribution in [3.8, 4) is 0 Å². The molecule has 2 rings (SSSR count). The Balaban J connectivity index is 2.10. The number of benzene rings is 1. The minimum absolute atomic E-state index is 0.196. The van der Waals surface area contributed by atoms with Crippen molar-refractivity contribution in [2.45, 2.75) is 13.0 Å². The molecule has 1 atom stereocenters. The van der Waals surface area contributed by atoms with E-state index >= 15 is 0 Å². The van der Waals surface area contributed by atoms with Crippen molar-refractivity contribution >= 4 is 40.7 Å². The molecule has 0 aliphatic rings. The first-order valence-electron chi connectivity index (χ1n) is 5.70. The second-order valence-corrected chi connectivity index (χ2v) is 5.29. The van der Waals surface area contributed by atoms with Gasteiger partial charge in [0, 0.05) is 0 Å². The summed E-state index contributed by atoms with van der Waals surface area (Å²) >= 11 is 17.4. The number of rotatable bonds is 3. The Morgan fingerprint density at radius 3 is 2.50 bits per heavy atom. The molecule has 0 saturated carbocycles. The van der Waals surface area contributed by atoms with Crippen molar-refractivity contribution in [3.63, 3.8) is 0 Å². The molecule has 2 aromatic rings. The Morgan fingerprint density at radius 1 is 1.15 bits per heavy atom. The number of halogens is 3. The summed E-state index contributed by atoms with van der Waals surface area (Å²) in [5.41, 5.74) is 1.04. The number of nitrogens with zero attached hydrogens (tertiary/aromatic N) is 2. The highest BCUT2D eigenvalue weighted by molar-refractivity contribution is 6.42. The Hall–Kier alpha value is -1.36. The lowest BCUT2D eigenvalue weighted by Crippen LogP contribution is -2.27. The summed E-state index contributed by atoms with van der Waals surface area (Å²) in [6.45, 7) is 1.83. The number of amides is 1. The molecule has 0 radical (unpaired) electrons. The summed E-state index contributed by atoms with van der Waals surface area (Å²) < 4.78 is 0. The molecule has 104 valence electrons. The van der Waals surface area contributed by atoms with E-state index in [2.05, 4.69) is 15.3 Å². The zero-order valence-corrected chi connectivity index (χ0v) is 12.7. The van der Waals surface area contributed by atoms with Crippen LogP contribution in [0.5, 0.6) is 0 Å². The standard InChI is InChI=1S/C13H10Cl3N3O/c1-7(8-2-3-9(14)10(15)4-8)19-13(20)11-5-18-12(16)6-17-11/h2-7H,1H3,(H,19,20). The van der Waals surface area contributed by atoms with Gasteiger partial charge in [-0.05, 0) is 24.6 Å². The largest absolute Gasteiger partial charge is 0.344 e. The highest BCUT2D eigenvalue weighted by Gasteiger charge is 2.13. The van der Waals surface area contributed by atoms with Crippen LogP contribution in [0, 0.1) is 0 Å². The molecule has 0 saturated heterocycles. The van der Waals surface area contributed by atoms with Crippen molar-refractivity contribution in [1.82, 2.24) is 15.3 Å². The third-order valence-corrected chi connectivity index (χ3v) is 3.58. The Labute approximate surface area is 131 Å². The third-order valence-electron chi connectivity index (χ3n) is 2.64. The molecule has 1 aromatic carbocycles. The number of hydrogen-bond donors (Lipinski definition) is 1. The minimum Gasteiger partial charge on any atom is -0.344 e. The Kier molecular flexibility index (Phi) is 4.81. The summed E-state index contributed by atoms with van der Waals surface area (Å²) in [5, 5.41) is 3.94. The highest BCUT2D eigenvalue weighted by Crippen LogP contribution is 2.25. The van der Waals surface area contributed by atoms with Gasteiger partial charge in [0.1, 0.15) is 10.8 Å². The number of aromatic nitrogens is 2. The molecule has 1 amide bonds. The molecule has 0 fully saturated rings. The number of nitrogens with one attached hydrogen (secondary N) is 1. The first-order chi connectivity index (χ1) is 9.47. The van der Waals surface area contributed by atoms with Gasteiger partial charge in [0.2, 0.25) is 0 Å². The lowest BCUT2D eigenvalue weighted by Gasteiger charge is -2.14. The zero-order valence-electron chi connectivity index (χ0n) is 10.4. The zero-order chi connectivity index (χ0) is 14.7. The van der Waals surface area contributed by atoms with E-state index < -0.39 is 0 Å². The van der Waals surface area contributed by atoms with Gasteiger partial charge in [-0.2, -0.15) is 0 Å². The van der Waals surface area contributed by atoms with Gasteiger partial charge in [-0.25, -0.2) is 9.97 Å². The van der Waals surface area contributed by atoms with E-state index in [1.165, 1.54) is 12.4 Å². The van der Waals surface area contributed by atoms with Gasteiger partial charge in [0.25, 0.3) is 5.91 Å². The summed E-state index contributed by atoms with van der Waals surface area (Å²) in [6, 6.07) is 4.95. The van der Waals surface area contributed by atoms with Crippen LogP contribution in [0.15, 0.2) is 30.6 Å². The van der Waals surface area contributed by atoms with Crippen LogP contribution in [-0.2, 0) is 0 Å². The van der Waals surface area contributed by atoms with E-state index in [4.69, 9.17) is 34.8 Å². The predicted molar refractivity (Wildman–Crippen MR) is 79.4 cm³/mol. The van der Waals surface area contributed by atoms with Crippen molar-refractivity contribution in [1.29, 1.82) is 0 Å². The molecule has 1 N–H and O–H groups in total. The van der Waals surface area contributed by atoms with Gasteiger partial charge in [-0.3, -0.25) is 4.79 Å². The van der Waals surface area contributed by atoms with Gasteiger partial charge in [-0.15, -0.1) is 0 Å². The fourth-order valence-corrected chi connectivity index (χ4v) is 1.97. The summed E-state index contributed by atoms with van der Waals surface area (Å²) in [4.78, 5) is 19.7. The fourth-order valence-electron chi connectivity index (χ4n) is 1.57. The first-order valence-corrected chi connectivity index (χ1v) is 6.84.